The Morgan fingerprint density at radius 3 is 2.44 bits per heavy atom. The molecule has 1 heterocycles. The normalized spacial score (nSPS) is 19.6. The van der Waals surface area contributed by atoms with Crippen LogP contribution in [-0.4, -0.2) is 47.2 Å². The largest absolute Gasteiger partial charge is 0.337 e. The Hall–Kier alpha value is -2.67. The molecule has 1 aliphatic carbocycles. The Balaban J connectivity index is 1.44. The molecule has 0 aromatic heterocycles. The second-order valence-corrected chi connectivity index (χ2v) is 9.65. The number of Topliss-reactive ketones (excluding diaryl/α,β-unsaturated/α-hetero) is 1. The molecular weight excluding hydrogens is 441 g/mol. The summed E-state index contributed by atoms with van der Waals surface area (Å²) in [6.07, 6.45) is 4.00. The van der Waals surface area contributed by atoms with E-state index in [1.165, 1.54) is 24.3 Å². The van der Waals surface area contributed by atoms with Gasteiger partial charge in [0.25, 0.3) is 0 Å². The van der Waals surface area contributed by atoms with Crippen molar-refractivity contribution in [2.24, 2.45) is 5.92 Å². The molecule has 1 saturated heterocycles. The highest BCUT2D eigenvalue weighted by Crippen LogP contribution is 2.28. The molecule has 1 atom stereocenters. The standard InChI is InChI=1S/C27H31F3N2O2/c1-17-15-31(10-11-32(17)27(34)19-6-3-4-7-19)16-21-13-22(28)12-20(18(21)2)14-25(33)23-8-5-9-24(29)26(23)30/h5,8-9,12-13,17,19H,3-4,6-7,10-11,14-16H2,1-2H3/t17-/m0/s1. The van der Waals surface area contributed by atoms with Crippen molar-refractivity contribution in [3.8, 4) is 0 Å². The first-order valence-corrected chi connectivity index (χ1v) is 12.0. The van der Waals surface area contributed by atoms with E-state index in [9.17, 15) is 22.8 Å². The van der Waals surface area contributed by atoms with Crippen LogP contribution < -0.4 is 0 Å². The molecule has 0 radical (unpaired) electrons. The number of rotatable bonds is 6. The van der Waals surface area contributed by atoms with Crippen LogP contribution in [0, 0.1) is 30.3 Å². The summed E-state index contributed by atoms with van der Waals surface area (Å²) in [6.45, 7) is 6.40. The quantitative estimate of drug-likeness (QED) is 0.552. The minimum Gasteiger partial charge on any atom is -0.337 e. The minimum atomic E-state index is -1.18. The molecule has 0 spiro atoms. The van der Waals surface area contributed by atoms with E-state index in [4.69, 9.17) is 0 Å². The number of halogens is 3. The second kappa shape index (κ2) is 10.3. The van der Waals surface area contributed by atoms with Crippen LogP contribution >= 0.6 is 0 Å². The predicted octanol–water partition coefficient (Wildman–Crippen LogP) is 5.06. The van der Waals surface area contributed by atoms with Crippen LogP contribution in [0.25, 0.3) is 0 Å². The number of carbonyl (C=O) groups excluding carboxylic acids is 2. The van der Waals surface area contributed by atoms with Crippen LogP contribution in [0.2, 0.25) is 0 Å². The molecule has 1 aliphatic heterocycles. The van der Waals surface area contributed by atoms with E-state index >= 15 is 0 Å². The summed E-state index contributed by atoms with van der Waals surface area (Å²) in [5, 5.41) is 0. The van der Waals surface area contributed by atoms with Crippen LogP contribution in [0.1, 0.15) is 59.7 Å². The number of carbonyl (C=O) groups is 2. The molecule has 4 rings (SSSR count). The molecule has 1 amide bonds. The van der Waals surface area contributed by atoms with E-state index in [1.54, 1.807) is 0 Å². The Kier molecular flexibility index (Phi) is 7.41. The smallest absolute Gasteiger partial charge is 0.226 e. The van der Waals surface area contributed by atoms with Gasteiger partial charge in [-0.2, -0.15) is 0 Å². The Morgan fingerprint density at radius 1 is 1.03 bits per heavy atom. The SMILES string of the molecule is Cc1c(CC(=O)c2cccc(F)c2F)cc(F)cc1CN1CCN(C(=O)C2CCCC2)[C@@H](C)C1. The lowest BCUT2D eigenvalue weighted by atomic mass is 9.95. The van der Waals surface area contributed by atoms with E-state index in [1.807, 2.05) is 11.8 Å². The van der Waals surface area contributed by atoms with Gasteiger partial charge in [0, 0.05) is 44.6 Å². The van der Waals surface area contributed by atoms with Crippen LogP contribution in [0.4, 0.5) is 13.2 Å². The Labute approximate surface area is 198 Å². The zero-order valence-electron chi connectivity index (χ0n) is 19.8. The fourth-order valence-corrected chi connectivity index (χ4v) is 5.28. The fraction of sp³-hybridized carbons (Fsp3) is 0.481. The van der Waals surface area contributed by atoms with Crippen molar-refractivity contribution < 1.29 is 22.8 Å². The second-order valence-electron chi connectivity index (χ2n) is 9.65. The third-order valence-electron chi connectivity index (χ3n) is 7.28. The number of hydrogen-bond acceptors (Lipinski definition) is 3. The Bertz CT molecular complexity index is 1080. The lowest BCUT2D eigenvalue weighted by Crippen LogP contribution is -2.54. The first-order valence-electron chi connectivity index (χ1n) is 12.0. The van der Waals surface area contributed by atoms with E-state index in [0.29, 0.717) is 31.7 Å². The zero-order valence-corrected chi connectivity index (χ0v) is 19.8. The molecule has 0 unspecified atom stereocenters. The predicted molar refractivity (Wildman–Crippen MR) is 124 cm³/mol. The average molecular weight is 473 g/mol. The van der Waals surface area contributed by atoms with Crippen LogP contribution in [0.5, 0.6) is 0 Å². The molecule has 7 heteroatoms. The first-order chi connectivity index (χ1) is 16.2. The molecule has 0 bridgehead atoms. The summed E-state index contributed by atoms with van der Waals surface area (Å²) in [5.74, 6) is -2.90. The monoisotopic (exact) mass is 472 g/mol. The third-order valence-corrected chi connectivity index (χ3v) is 7.28. The Morgan fingerprint density at radius 2 is 1.74 bits per heavy atom. The van der Waals surface area contributed by atoms with Gasteiger partial charge in [-0.05, 0) is 67.6 Å². The average Bonchev–Trinajstić information content (AvgIpc) is 3.33. The summed E-state index contributed by atoms with van der Waals surface area (Å²) < 4.78 is 42.0. The molecule has 34 heavy (non-hydrogen) atoms. The molecule has 2 aromatic rings. The van der Waals surface area contributed by atoms with Gasteiger partial charge in [0.2, 0.25) is 5.91 Å². The highest BCUT2D eigenvalue weighted by Gasteiger charge is 2.33. The zero-order chi connectivity index (χ0) is 24.4. The van der Waals surface area contributed by atoms with E-state index in [0.717, 1.165) is 42.9 Å². The van der Waals surface area contributed by atoms with Gasteiger partial charge in [-0.1, -0.05) is 18.9 Å². The van der Waals surface area contributed by atoms with Gasteiger partial charge in [-0.3, -0.25) is 14.5 Å². The number of piperazine rings is 1. The molecule has 182 valence electrons. The van der Waals surface area contributed by atoms with Gasteiger partial charge >= 0.3 is 0 Å². The minimum absolute atomic E-state index is 0.0766. The molecule has 1 saturated carbocycles. The lowest BCUT2D eigenvalue weighted by molar-refractivity contribution is -0.140. The first kappa shape index (κ1) is 24.5. The summed E-state index contributed by atoms with van der Waals surface area (Å²) in [6, 6.07) is 6.31. The van der Waals surface area contributed by atoms with Gasteiger partial charge in [0.15, 0.2) is 17.4 Å². The molecule has 2 fully saturated rings. The lowest BCUT2D eigenvalue weighted by Gasteiger charge is -2.41. The van der Waals surface area contributed by atoms with Crippen molar-refractivity contribution in [1.82, 2.24) is 9.80 Å². The van der Waals surface area contributed by atoms with Crippen molar-refractivity contribution in [2.45, 2.75) is 58.5 Å². The number of amides is 1. The number of hydrogen-bond donors (Lipinski definition) is 0. The maximum absolute atomic E-state index is 14.5. The van der Waals surface area contributed by atoms with Crippen LogP contribution in [0.3, 0.4) is 0 Å². The topological polar surface area (TPSA) is 40.6 Å². The van der Waals surface area contributed by atoms with Gasteiger partial charge in [0.05, 0.1) is 5.56 Å². The molecule has 2 aliphatic rings. The van der Waals surface area contributed by atoms with E-state index < -0.39 is 23.2 Å². The molecule has 2 aromatic carbocycles. The maximum atomic E-state index is 14.5. The third kappa shape index (κ3) is 5.19. The highest BCUT2D eigenvalue weighted by molar-refractivity contribution is 5.98. The molecular formula is C27H31F3N2O2. The van der Waals surface area contributed by atoms with Crippen molar-refractivity contribution in [1.29, 1.82) is 0 Å². The van der Waals surface area contributed by atoms with Gasteiger partial charge in [-0.15, -0.1) is 0 Å². The summed E-state index contributed by atoms with van der Waals surface area (Å²) in [7, 11) is 0. The summed E-state index contributed by atoms with van der Waals surface area (Å²) in [5.41, 5.74) is 1.66. The van der Waals surface area contributed by atoms with Gasteiger partial charge in [-0.25, -0.2) is 13.2 Å². The fourth-order valence-electron chi connectivity index (χ4n) is 5.28. The summed E-state index contributed by atoms with van der Waals surface area (Å²) in [4.78, 5) is 29.7. The van der Waals surface area contributed by atoms with Crippen molar-refractivity contribution in [3.63, 3.8) is 0 Å². The van der Waals surface area contributed by atoms with Crippen LogP contribution in [-0.2, 0) is 17.8 Å². The van der Waals surface area contributed by atoms with Gasteiger partial charge in [0.1, 0.15) is 5.82 Å². The van der Waals surface area contributed by atoms with Gasteiger partial charge < -0.3 is 4.90 Å². The number of ketones is 1. The van der Waals surface area contributed by atoms with Crippen molar-refractivity contribution >= 4 is 11.7 Å². The van der Waals surface area contributed by atoms with Crippen LogP contribution in [0.15, 0.2) is 30.3 Å². The summed E-state index contributed by atoms with van der Waals surface area (Å²) >= 11 is 0. The maximum Gasteiger partial charge on any atom is 0.226 e. The van der Waals surface area contributed by atoms with E-state index in [-0.39, 0.29) is 29.9 Å². The number of nitrogens with zero attached hydrogens (tertiary/aromatic N) is 2. The highest BCUT2D eigenvalue weighted by atomic mass is 19.2. The number of benzene rings is 2. The van der Waals surface area contributed by atoms with E-state index in [2.05, 4.69) is 11.8 Å². The molecule has 0 N–H and O–H groups in total. The molecule has 4 nitrogen and oxygen atoms in total. The van der Waals surface area contributed by atoms with Crippen molar-refractivity contribution in [2.75, 3.05) is 19.6 Å². The van der Waals surface area contributed by atoms with Crippen molar-refractivity contribution in [3.05, 3.63) is 70.0 Å².